The number of benzene rings is 1. The van der Waals surface area contributed by atoms with E-state index < -0.39 is 0 Å². The lowest BCUT2D eigenvalue weighted by atomic mass is 10.0. The topological polar surface area (TPSA) is 89.8 Å². The molecule has 0 amide bonds. The number of hydrogen-bond donors (Lipinski definition) is 1. The van der Waals surface area contributed by atoms with Gasteiger partial charge >= 0.3 is 0 Å². The van der Waals surface area contributed by atoms with Gasteiger partial charge in [0.05, 0.1) is 17.4 Å². The normalized spacial score (nSPS) is 10.8. The Balaban J connectivity index is 1.99. The lowest BCUT2D eigenvalue weighted by Gasteiger charge is -2.16. The van der Waals surface area contributed by atoms with Crippen molar-refractivity contribution in [1.82, 2.24) is 19.7 Å². The second kappa shape index (κ2) is 7.63. The van der Waals surface area contributed by atoms with Crippen molar-refractivity contribution in [2.45, 2.75) is 20.4 Å². The third-order valence-corrected chi connectivity index (χ3v) is 4.69. The van der Waals surface area contributed by atoms with Crippen LogP contribution in [0.1, 0.15) is 24.2 Å². The first-order valence-electron chi connectivity index (χ1n) is 9.26. The van der Waals surface area contributed by atoms with Crippen molar-refractivity contribution in [2.75, 3.05) is 5.32 Å². The number of nitrogens with zero attached hydrogens (tertiary/aromatic N) is 4. The molecule has 144 valence electrons. The maximum Gasteiger partial charge on any atom is 0.291 e. The average Bonchev–Trinajstić information content (AvgIpc) is 2.75. The molecule has 0 spiro atoms. The van der Waals surface area contributed by atoms with Gasteiger partial charge in [0, 0.05) is 41.5 Å². The maximum absolute atomic E-state index is 13.1. The molecule has 7 heteroatoms. The predicted molar refractivity (Wildman–Crippen MR) is 112 cm³/mol. The van der Waals surface area contributed by atoms with Gasteiger partial charge in [0.1, 0.15) is 11.4 Å². The van der Waals surface area contributed by atoms with Crippen LogP contribution in [0.15, 0.2) is 66.0 Å². The number of carbonyl (C=O) groups is 1. The molecule has 3 aromatic heterocycles. The zero-order valence-corrected chi connectivity index (χ0v) is 16.1. The van der Waals surface area contributed by atoms with Crippen molar-refractivity contribution < 1.29 is 4.79 Å². The minimum absolute atomic E-state index is 0.194. The van der Waals surface area contributed by atoms with E-state index in [2.05, 4.69) is 20.4 Å². The molecule has 1 N–H and O–H groups in total. The number of nitrogens with one attached hydrogen (secondary N) is 1. The van der Waals surface area contributed by atoms with Gasteiger partial charge in [-0.2, -0.15) is 5.10 Å². The van der Waals surface area contributed by atoms with Gasteiger partial charge < -0.3 is 5.32 Å². The fraction of sp³-hybridized carbons (Fsp3) is 0.136. The molecule has 7 nitrogen and oxygen atoms in total. The summed E-state index contributed by atoms with van der Waals surface area (Å²) in [5.74, 6) is -0.250. The largest absolute Gasteiger partial charge is 0.349 e. The first-order valence-corrected chi connectivity index (χ1v) is 9.26. The van der Waals surface area contributed by atoms with Gasteiger partial charge in [-0.05, 0) is 26.0 Å². The van der Waals surface area contributed by atoms with Gasteiger partial charge in [-0.15, -0.1) is 0 Å². The van der Waals surface area contributed by atoms with Crippen molar-refractivity contribution in [2.24, 2.45) is 0 Å². The Labute approximate surface area is 167 Å². The summed E-state index contributed by atoms with van der Waals surface area (Å²) in [6.07, 6.45) is 6.66. The van der Waals surface area contributed by atoms with E-state index in [1.165, 1.54) is 11.6 Å². The highest BCUT2D eigenvalue weighted by Gasteiger charge is 2.22. The number of anilines is 2. The van der Waals surface area contributed by atoms with Crippen LogP contribution in [0.25, 0.3) is 22.0 Å². The summed E-state index contributed by atoms with van der Waals surface area (Å²) in [5.41, 5.74) is 1.89. The van der Waals surface area contributed by atoms with Crippen LogP contribution in [-0.2, 0) is 6.54 Å². The van der Waals surface area contributed by atoms with Crippen LogP contribution in [0.5, 0.6) is 0 Å². The molecule has 0 atom stereocenters. The Bertz CT molecular complexity index is 1260. The zero-order chi connectivity index (χ0) is 20.4. The van der Waals surface area contributed by atoms with Crippen molar-refractivity contribution >= 4 is 27.9 Å². The summed E-state index contributed by atoms with van der Waals surface area (Å²) >= 11 is 0. The minimum Gasteiger partial charge on any atom is -0.349 e. The fourth-order valence-electron chi connectivity index (χ4n) is 3.31. The molecule has 29 heavy (non-hydrogen) atoms. The van der Waals surface area contributed by atoms with E-state index in [-0.39, 0.29) is 22.6 Å². The SMILES string of the molecule is CCn1nc(-c2ccncc2)c(C(C)=O)c(Nc2cncc3ccccc23)c1=O. The number of fused-ring (bicyclic) bond motifs is 1. The van der Waals surface area contributed by atoms with E-state index in [4.69, 9.17) is 0 Å². The molecule has 0 aliphatic carbocycles. The lowest BCUT2D eigenvalue weighted by molar-refractivity contribution is 0.101. The van der Waals surface area contributed by atoms with Crippen LogP contribution in [-0.4, -0.2) is 25.5 Å². The highest BCUT2D eigenvalue weighted by Crippen LogP contribution is 2.29. The fourth-order valence-corrected chi connectivity index (χ4v) is 3.31. The number of ketones is 1. The van der Waals surface area contributed by atoms with Gasteiger partial charge in [-0.3, -0.25) is 19.6 Å². The monoisotopic (exact) mass is 385 g/mol. The number of rotatable bonds is 5. The number of Topliss-reactive ketones (excluding diaryl/α,β-unsaturated/α-hetero) is 1. The summed E-state index contributed by atoms with van der Waals surface area (Å²) in [4.78, 5) is 34.0. The molecule has 1 aromatic carbocycles. The van der Waals surface area contributed by atoms with Crippen LogP contribution in [0.3, 0.4) is 0 Å². The number of aromatic nitrogens is 4. The second-order valence-electron chi connectivity index (χ2n) is 6.54. The van der Waals surface area contributed by atoms with E-state index >= 15 is 0 Å². The Morgan fingerprint density at radius 2 is 1.83 bits per heavy atom. The number of carbonyl (C=O) groups excluding carboxylic acids is 1. The molecule has 0 bridgehead atoms. The molecule has 4 aromatic rings. The predicted octanol–water partition coefficient (Wildman–Crippen LogP) is 3.82. The molecule has 0 aliphatic heterocycles. The molecule has 0 unspecified atom stereocenters. The Hall–Kier alpha value is -3.87. The van der Waals surface area contributed by atoms with Gasteiger partial charge in [-0.25, -0.2) is 4.68 Å². The zero-order valence-electron chi connectivity index (χ0n) is 16.1. The highest BCUT2D eigenvalue weighted by atomic mass is 16.1. The van der Waals surface area contributed by atoms with E-state index in [9.17, 15) is 9.59 Å². The Morgan fingerprint density at radius 3 is 2.55 bits per heavy atom. The first-order chi connectivity index (χ1) is 14.1. The summed E-state index contributed by atoms with van der Waals surface area (Å²) in [6.45, 7) is 3.64. The first kappa shape index (κ1) is 18.5. The van der Waals surface area contributed by atoms with Crippen molar-refractivity contribution in [3.63, 3.8) is 0 Å². The molecule has 0 saturated carbocycles. The van der Waals surface area contributed by atoms with Crippen LogP contribution in [0.4, 0.5) is 11.4 Å². The van der Waals surface area contributed by atoms with Gasteiger partial charge in [0.15, 0.2) is 5.78 Å². The number of hydrogen-bond acceptors (Lipinski definition) is 6. The van der Waals surface area contributed by atoms with E-state index in [1.54, 1.807) is 36.9 Å². The Morgan fingerprint density at radius 1 is 1.07 bits per heavy atom. The number of aryl methyl sites for hydroxylation is 1. The molecule has 0 saturated heterocycles. The smallest absolute Gasteiger partial charge is 0.291 e. The molecule has 0 radical (unpaired) electrons. The molecule has 0 fully saturated rings. The third kappa shape index (κ3) is 3.38. The van der Waals surface area contributed by atoms with Crippen LogP contribution >= 0.6 is 0 Å². The Kier molecular flexibility index (Phi) is 4.87. The second-order valence-corrected chi connectivity index (χ2v) is 6.54. The third-order valence-electron chi connectivity index (χ3n) is 4.69. The van der Waals surface area contributed by atoms with Crippen LogP contribution in [0, 0.1) is 0 Å². The summed E-state index contributed by atoms with van der Waals surface area (Å²) in [7, 11) is 0. The van der Waals surface area contributed by atoms with Crippen LogP contribution in [0.2, 0.25) is 0 Å². The van der Waals surface area contributed by atoms with Gasteiger partial charge in [0.2, 0.25) is 0 Å². The van der Waals surface area contributed by atoms with E-state index in [0.29, 0.717) is 23.5 Å². The summed E-state index contributed by atoms with van der Waals surface area (Å²) in [6, 6.07) is 11.3. The lowest BCUT2D eigenvalue weighted by Crippen LogP contribution is -2.28. The van der Waals surface area contributed by atoms with Crippen LogP contribution < -0.4 is 10.9 Å². The number of pyridine rings is 2. The van der Waals surface area contributed by atoms with Crippen molar-refractivity contribution in [1.29, 1.82) is 0 Å². The molecule has 4 rings (SSSR count). The van der Waals surface area contributed by atoms with Gasteiger partial charge in [0.25, 0.3) is 5.56 Å². The molecular weight excluding hydrogens is 366 g/mol. The molecule has 0 aliphatic rings. The molecular formula is C22H19N5O2. The average molecular weight is 385 g/mol. The van der Waals surface area contributed by atoms with E-state index in [1.807, 2.05) is 31.2 Å². The highest BCUT2D eigenvalue weighted by molar-refractivity contribution is 6.06. The van der Waals surface area contributed by atoms with Crippen molar-refractivity contribution in [3.8, 4) is 11.3 Å². The summed E-state index contributed by atoms with van der Waals surface area (Å²) < 4.78 is 1.35. The quantitative estimate of drug-likeness (QED) is 0.525. The van der Waals surface area contributed by atoms with E-state index in [0.717, 1.165) is 10.8 Å². The minimum atomic E-state index is -0.358. The van der Waals surface area contributed by atoms with Gasteiger partial charge in [-0.1, -0.05) is 24.3 Å². The standard InChI is InChI=1S/C22H19N5O2/c1-3-27-22(29)21(25-18-13-24-12-16-6-4-5-7-17(16)18)19(14(2)28)20(26-27)15-8-10-23-11-9-15/h4-13,25H,3H2,1-2H3. The maximum atomic E-state index is 13.1. The molecule has 3 heterocycles. The summed E-state index contributed by atoms with van der Waals surface area (Å²) in [5, 5.41) is 9.46. The van der Waals surface area contributed by atoms with Crippen molar-refractivity contribution in [3.05, 3.63) is 77.1 Å².